The summed E-state index contributed by atoms with van der Waals surface area (Å²) in [7, 11) is 0. The van der Waals surface area contributed by atoms with E-state index in [-0.39, 0.29) is 17.1 Å². The van der Waals surface area contributed by atoms with E-state index in [1.807, 2.05) is 24.3 Å². The van der Waals surface area contributed by atoms with E-state index < -0.39 is 5.91 Å². The number of phenolic OH excluding ortho intramolecular Hbond substituents is 2. The molecule has 0 aliphatic heterocycles. The first-order chi connectivity index (χ1) is 13.9. The maximum atomic E-state index is 12.1. The van der Waals surface area contributed by atoms with E-state index in [1.54, 1.807) is 18.2 Å². The van der Waals surface area contributed by atoms with E-state index in [9.17, 15) is 15.0 Å². The van der Waals surface area contributed by atoms with Crippen molar-refractivity contribution >= 4 is 39.7 Å². The number of carbonyl (C=O) groups excluding carboxylic acids is 1. The largest absolute Gasteiger partial charge is 0.508 e. The second-order valence-corrected chi connectivity index (χ2v) is 7.39. The third kappa shape index (κ3) is 5.97. The summed E-state index contributed by atoms with van der Waals surface area (Å²) in [4.78, 5) is 12.1. The van der Waals surface area contributed by atoms with Gasteiger partial charge in [0.1, 0.15) is 23.9 Å². The zero-order chi connectivity index (χ0) is 20.8. The van der Waals surface area contributed by atoms with Gasteiger partial charge in [-0.05, 0) is 48.0 Å². The van der Waals surface area contributed by atoms with Gasteiger partial charge < -0.3 is 14.9 Å². The van der Waals surface area contributed by atoms with Crippen LogP contribution in [0.5, 0.6) is 17.2 Å². The van der Waals surface area contributed by atoms with Crippen molar-refractivity contribution in [2.45, 2.75) is 6.61 Å². The second kappa shape index (κ2) is 9.45. The number of amides is 1. The van der Waals surface area contributed by atoms with Gasteiger partial charge in [-0.3, -0.25) is 4.79 Å². The molecular weight excluding hydrogens is 460 g/mol. The van der Waals surface area contributed by atoms with Crippen LogP contribution >= 0.6 is 27.5 Å². The number of hydrogen-bond donors (Lipinski definition) is 3. The summed E-state index contributed by atoms with van der Waals surface area (Å²) in [6.07, 6.45) is 1.41. The molecule has 3 aromatic carbocycles. The molecule has 0 radical (unpaired) electrons. The molecular formula is C21H16BrClN2O4. The van der Waals surface area contributed by atoms with Gasteiger partial charge in [0.25, 0.3) is 5.91 Å². The van der Waals surface area contributed by atoms with Crippen molar-refractivity contribution in [3.63, 3.8) is 0 Å². The Bertz CT molecular complexity index is 1030. The lowest BCUT2D eigenvalue weighted by Crippen LogP contribution is -2.17. The molecule has 0 atom stereocenters. The topological polar surface area (TPSA) is 91.2 Å². The Kier molecular flexibility index (Phi) is 6.74. The van der Waals surface area contributed by atoms with E-state index in [2.05, 4.69) is 26.5 Å². The Morgan fingerprint density at radius 3 is 2.45 bits per heavy atom. The predicted octanol–water partition coefficient (Wildman–Crippen LogP) is 4.86. The number of phenols is 2. The summed E-state index contributed by atoms with van der Waals surface area (Å²) in [5.41, 5.74) is 3.97. The average molecular weight is 476 g/mol. The molecule has 0 saturated heterocycles. The second-order valence-electron chi connectivity index (χ2n) is 6.03. The fourth-order valence-corrected chi connectivity index (χ4v) is 2.89. The number of benzene rings is 3. The Hall–Kier alpha value is -3.03. The summed E-state index contributed by atoms with van der Waals surface area (Å²) >= 11 is 9.45. The van der Waals surface area contributed by atoms with Crippen molar-refractivity contribution in [2.75, 3.05) is 0 Å². The van der Waals surface area contributed by atoms with E-state index in [1.165, 1.54) is 18.3 Å². The molecule has 0 unspecified atom stereocenters. The van der Waals surface area contributed by atoms with Gasteiger partial charge in [-0.15, -0.1) is 0 Å². The quantitative estimate of drug-likeness (QED) is 0.351. The molecule has 0 aromatic heterocycles. The molecule has 3 aromatic rings. The van der Waals surface area contributed by atoms with E-state index in [0.717, 1.165) is 16.1 Å². The molecule has 29 heavy (non-hydrogen) atoms. The highest BCUT2D eigenvalue weighted by atomic mass is 79.9. The maximum Gasteiger partial charge on any atom is 0.271 e. The molecule has 0 spiro atoms. The standard InChI is InChI=1S/C21H16BrClN2O4/c22-16-3-1-13(2-4-16)12-29-20-6-5-17(23)7-15(20)11-24-25-21(28)14-8-18(26)10-19(27)9-14/h1-11,26-27H,12H2,(H,25,28)/b24-11-. The fraction of sp³-hybridized carbons (Fsp3) is 0.0476. The van der Waals surface area contributed by atoms with Crippen molar-refractivity contribution in [2.24, 2.45) is 5.10 Å². The monoisotopic (exact) mass is 474 g/mol. The summed E-state index contributed by atoms with van der Waals surface area (Å²) in [5.74, 6) is -0.493. The molecule has 0 bridgehead atoms. The molecule has 3 rings (SSSR count). The van der Waals surface area contributed by atoms with Gasteiger partial charge in [-0.2, -0.15) is 5.10 Å². The molecule has 0 heterocycles. The lowest BCUT2D eigenvalue weighted by molar-refractivity contribution is 0.0954. The van der Waals surface area contributed by atoms with Gasteiger partial charge in [-0.25, -0.2) is 5.43 Å². The number of aromatic hydroxyl groups is 2. The van der Waals surface area contributed by atoms with Gasteiger partial charge in [0.05, 0.1) is 6.21 Å². The minimum absolute atomic E-state index is 0.0671. The highest BCUT2D eigenvalue weighted by Gasteiger charge is 2.08. The number of nitrogens with one attached hydrogen (secondary N) is 1. The molecule has 0 fully saturated rings. The van der Waals surface area contributed by atoms with Crippen LogP contribution in [0, 0.1) is 0 Å². The van der Waals surface area contributed by atoms with Crippen LogP contribution in [0.15, 0.2) is 70.2 Å². The minimum atomic E-state index is -0.591. The Balaban J connectivity index is 1.70. The summed E-state index contributed by atoms with van der Waals surface area (Å²) < 4.78 is 6.83. The first-order valence-electron chi connectivity index (χ1n) is 8.44. The predicted molar refractivity (Wildman–Crippen MR) is 115 cm³/mol. The van der Waals surface area contributed by atoms with Gasteiger partial charge in [-0.1, -0.05) is 39.7 Å². The molecule has 3 N–H and O–H groups in total. The zero-order valence-electron chi connectivity index (χ0n) is 15.0. The van der Waals surface area contributed by atoms with Crippen LogP contribution in [0.2, 0.25) is 5.02 Å². The summed E-state index contributed by atoms with van der Waals surface area (Å²) in [5, 5.41) is 23.3. The molecule has 0 aliphatic rings. The molecule has 1 amide bonds. The zero-order valence-corrected chi connectivity index (χ0v) is 17.3. The van der Waals surface area contributed by atoms with Gasteiger partial charge in [0.2, 0.25) is 0 Å². The van der Waals surface area contributed by atoms with Crippen LogP contribution in [0.4, 0.5) is 0 Å². The van der Waals surface area contributed by atoms with Crippen molar-refractivity contribution in [1.29, 1.82) is 0 Å². The molecule has 0 aliphatic carbocycles. The third-order valence-electron chi connectivity index (χ3n) is 3.81. The lowest BCUT2D eigenvalue weighted by Gasteiger charge is -2.10. The average Bonchev–Trinajstić information content (AvgIpc) is 2.68. The van der Waals surface area contributed by atoms with Gasteiger partial charge in [0.15, 0.2) is 0 Å². The molecule has 8 heteroatoms. The smallest absolute Gasteiger partial charge is 0.271 e. The number of ether oxygens (including phenoxy) is 1. The number of hydrogen-bond acceptors (Lipinski definition) is 5. The first-order valence-corrected chi connectivity index (χ1v) is 9.61. The Morgan fingerprint density at radius 1 is 1.07 bits per heavy atom. The third-order valence-corrected chi connectivity index (χ3v) is 4.58. The molecule has 0 saturated carbocycles. The van der Waals surface area contributed by atoms with E-state index in [0.29, 0.717) is 22.9 Å². The van der Waals surface area contributed by atoms with Crippen LogP contribution < -0.4 is 10.2 Å². The van der Waals surface area contributed by atoms with Crippen LogP contribution in [-0.2, 0) is 6.61 Å². The van der Waals surface area contributed by atoms with Gasteiger partial charge in [0, 0.05) is 26.7 Å². The van der Waals surface area contributed by atoms with E-state index >= 15 is 0 Å². The maximum absolute atomic E-state index is 12.1. The number of nitrogens with zero attached hydrogens (tertiary/aromatic N) is 1. The van der Waals surface area contributed by atoms with Crippen molar-refractivity contribution in [3.8, 4) is 17.2 Å². The normalized spacial score (nSPS) is 10.8. The summed E-state index contributed by atoms with van der Waals surface area (Å²) in [6.45, 7) is 0.352. The number of carbonyl (C=O) groups is 1. The Morgan fingerprint density at radius 2 is 1.76 bits per heavy atom. The number of rotatable bonds is 6. The van der Waals surface area contributed by atoms with Crippen LogP contribution in [0.25, 0.3) is 0 Å². The lowest BCUT2D eigenvalue weighted by atomic mass is 10.2. The van der Waals surface area contributed by atoms with Crippen molar-refractivity contribution < 1.29 is 19.7 Å². The number of halogens is 2. The molecule has 6 nitrogen and oxygen atoms in total. The van der Waals surface area contributed by atoms with Crippen LogP contribution in [0.1, 0.15) is 21.5 Å². The van der Waals surface area contributed by atoms with Crippen LogP contribution in [-0.4, -0.2) is 22.3 Å². The molecule has 148 valence electrons. The fourth-order valence-electron chi connectivity index (χ4n) is 2.44. The highest BCUT2D eigenvalue weighted by Crippen LogP contribution is 2.23. The van der Waals surface area contributed by atoms with Crippen LogP contribution in [0.3, 0.4) is 0 Å². The summed E-state index contributed by atoms with van der Waals surface area (Å²) in [6, 6.07) is 16.4. The van der Waals surface area contributed by atoms with Gasteiger partial charge >= 0.3 is 0 Å². The SMILES string of the molecule is O=C(N/N=C\c1cc(Cl)ccc1OCc1ccc(Br)cc1)c1cc(O)cc(O)c1. The van der Waals surface area contributed by atoms with Crippen molar-refractivity contribution in [1.82, 2.24) is 5.43 Å². The highest BCUT2D eigenvalue weighted by molar-refractivity contribution is 9.10. The van der Waals surface area contributed by atoms with Crippen molar-refractivity contribution in [3.05, 3.63) is 86.8 Å². The minimum Gasteiger partial charge on any atom is -0.508 e. The first kappa shape index (κ1) is 20.7. The number of hydrazone groups is 1. The van der Waals surface area contributed by atoms with E-state index in [4.69, 9.17) is 16.3 Å². The Labute approximate surface area is 180 Å².